The van der Waals surface area contributed by atoms with Gasteiger partial charge in [-0.3, -0.25) is 0 Å². The van der Waals surface area contributed by atoms with Crippen LogP contribution in [0.3, 0.4) is 0 Å². The van der Waals surface area contributed by atoms with Crippen LogP contribution in [0.5, 0.6) is 0 Å². The second kappa shape index (κ2) is 10.5. The summed E-state index contributed by atoms with van der Waals surface area (Å²) in [7, 11) is 1.60. The van der Waals surface area contributed by atoms with Gasteiger partial charge in [0.05, 0.1) is 0 Å². The van der Waals surface area contributed by atoms with Gasteiger partial charge in [0.2, 0.25) is 0 Å². The maximum atomic E-state index is 12.5. The first-order chi connectivity index (χ1) is 12.9. The summed E-state index contributed by atoms with van der Waals surface area (Å²) in [5, 5.41) is 2.61. The van der Waals surface area contributed by atoms with Crippen LogP contribution >= 0.6 is 0 Å². The van der Waals surface area contributed by atoms with Crippen LogP contribution in [-0.4, -0.2) is 78.1 Å². The Balaban J connectivity index is 4.84. The molecule has 0 unspecified atom stereocenters. The highest BCUT2D eigenvalue weighted by Crippen LogP contribution is 2.11. The first-order valence-electron chi connectivity index (χ1n) is 9.78. The molecule has 29 heavy (non-hydrogen) atoms. The van der Waals surface area contributed by atoms with Crippen molar-refractivity contribution in [3.05, 3.63) is 0 Å². The van der Waals surface area contributed by atoms with Gasteiger partial charge in [0.1, 0.15) is 16.8 Å². The number of alkyl carbamates (subject to hydrolysis) is 1. The van der Waals surface area contributed by atoms with Crippen LogP contribution < -0.4 is 5.32 Å². The number of carbonyl (C=O) groups is 3. The molecule has 0 aromatic rings. The molecule has 0 aromatic heterocycles. The second-order valence-corrected chi connectivity index (χ2v) is 9.80. The summed E-state index contributed by atoms with van der Waals surface area (Å²) < 4.78 is 15.9. The summed E-state index contributed by atoms with van der Waals surface area (Å²) in [5.74, 6) is 0. The molecule has 9 nitrogen and oxygen atoms in total. The minimum Gasteiger partial charge on any atom is -0.444 e. The Labute approximate surface area is 175 Å². The number of carbonyl (C=O) groups excluding carboxylic acids is 3. The fraction of sp³-hybridized carbons (Fsp3) is 0.850. The van der Waals surface area contributed by atoms with Crippen molar-refractivity contribution in [1.82, 2.24) is 15.1 Å². The minimum absolute atomic E-state index is 0.185. The van der Waals surface area contributed by atoms with E-state index in [0.717, 1.165) is 0 Å². The van der Waals surface area contributed by atoms with Gasteiger partial charge in [-0.2, -0.15) is 0 Å². The van der Waals surface area contributed by atoms with E-state index in [1.165, 1.54) is 9.80 Å². The lowest BCUT2D eigenvalue weighted by Gasteiger charge is -2.30. The predicted octanol–water partition coefficient (Wildman–Crippen LogP) is 3.62. The lowest BCUT2D eigenvalue weighted by Crippen LogP contribution is -2.46. The molecule has 0 aliphatic heterocycles. The largest absolute Gasteiger partial charge is 0.444 e. The van der Waals surface area contributed by atoms with Crippen molar-refractivity contribution in [3.63, 3.8) is 0 Å². The summed E-state index contributed by atoms with van der Waals surface area (Å²) in [6.07, 6.45) is -1.57. The van der Waals surface area contributed by atoms with Crippen LogP contribution in [0.25, 0.3) is 0 Å². The number of likely N-dealkylation sites (N-methyl/N-ethyl adjacent to an activating group) is 1. The third-order valence-electron chi connectivity index (χ3n) is 3.11. The molecule has 0 spiro atoms. The molecule has 0 aliphatic carbocycles. The van der Waals surface area contributed by atoms with E-state index in [9.17, 15) is 14.4 Å². The van der Waals surface area contributed by atoms with Crippen molar-refractivity contribution in [1.29, 1.82) is 0 Å². The molecule has 0 saturated heterocycles. The van der Waals surface area contributed by atoms with E-state index in [-0.39, 0.29) is 26.2 Å². The Hall–Kier alpha value is -2.19. The summed E-state index contributed by atoms with van der Waals surface area (Å²) in [6.45, 7) is 16.8. The zero-order chi connectivity index (χ0) is 23.0. The van der Waals surface area contributed by atoms with E-state index < -0.39 is 35.1 Å². The molecular formula is C20H39N3O6. The molecule has 0 atom stereocenters. The molecule has 170 valence electrons. The van der Waals surface area contributed by atoms with E-state index in [4.69, 9.17) is 14.2 Å². The van der Waals surface area contributed by atoms with Crippen molar-refractivity contribution < 1.29 is 28.6 Å². The van der Waals surface area contributed by atoms with Crippen molar-refractivity contribution in [2.24, 2.45) is 0 Å². The van der Waals surface area contributed by atoms with Crippen LogP contribution in [0, 0.1) is 0 Å². The maximum Gasteiger partial charge on any atom is 0.410 e. The zero-order valence-electron chi connectivity index (χ0n) is 19.7. The van der Waals surface area contributed by atoms with Crippen molar-refractivity contribution in [3.8, 4) is 0 Å². The number of hydrogen-bond acceptors (Lipinski definition) is 6. The topological polar surface area (TPSA) is 97.4 Å². The van der Waals surface area contributed by atoms with Crippen LogP contribution in [0.1, 0.15) is 62.3 Å². The average molecular weight is 418 g/mol. The normalized spacial score (nSPS) is 12.1. The maximum absolute atomic E-state index is 12.5. The third kappa shape index (κ3) is 14.5. The van der Waals surface area contributed by atoms with Gasteiger partial charge in [0.15, 0.2) is 0 Å². The summed E-state index contributed by atoms with van der Waals surface area (Å²) in [6, 6.07) is 0. The van der Waals surface area contributed by atoms with Gasteiger partial charge in [0, 0.05) is 33.2 Å². The first kappa shape index (κ1) is 26.8. The van der Waals surface area contributed by atoms with Gasteiger partial charge in [-0.05, 0) is 62.3 Å². The number of nitrogens with one attached hydrogen (secondary N) is 1. The number of nitrogens with zero attached hydrogens (tertiary/aromatic N) is 2. The van der Waals surface area contributed by atoms with E-state index in [0.29, 0.717) is 0 Å². The predicted molar refractivity (Wildman–Crippen MR) is 111 cm³/mol. The lowest BCUT2D eigenvalue weighted by atomic mass is 10.2. The first-order valence-corrected chi connectivity index (χ1v) is 9.78. The van der Waals surface area contributed by atoms with Crippen molar-refractivity contribution in [2.45, 2.75) is 79.1 Å². The average Bonchev–Trinajstić information content (AvgIpc) is 2.44. The Kier molecular flexibility index (Phi) is 9.75. The molecule has 9 heteroatoms. The Bertz CT molecular complexity index is 558. The highest BCUT2D eigenvalue weighted by Gasteiger charge is 2.25. The van der Waals surface area contributed by atoms with Crippen LogP contribution in [0.15, 0.2) is 0 Å². The van der Waals surface area contributed by atoms with E-state index in [1.54, 1.807) is 69.4 Å². The van der Waals surface area contributed by atoms with Gasteiger partial charge in [-0.15, -0.1) is 0 Å². The quantitative estimate of drug-likeness (QED) is 0.663. The van der Waals surface area contributed by atoms with Gasteiger partial charge in [-0.25, -0.2) is 14.4 Å². The second-order valence-electron chi connectivity index (χ2n) is 9.80. The molecule has 0 heterocycles. The van der Waals surface area contributed by atoms with Gasteiger partial charge in [-0.1, -0.05) is 0 Å². The fourth-order valence-electron chi connectivity index (χ4n) is 1.93. The van der Waals surface area contributed by atoms with Gasteiger partial charge in [0.25, 0.3) is 0 Å². The lowest BCUT2D eigenvalue weighted by molar-refractivity contribution is 0.0162. The zero-order valence-corrected chi connectivity index (χ0v) is 19.7. The molecule has 0 bridgehead atoms. The molecule has 0 aromatic carbocycles. The molecule has 3 amide bonds. The number of rotatable bonds is 6. The third-order valence-corrected chi connectivity index (χ3v) is 3.11. The molecule has 0 radical (unpaired) electrons. The van der Waals surface area contributed by atoms with Crippen molar-refractivity contribution >= 4 is 18.3 Å². The molecule has 0 aliphatic rings. The van der Waals surface area contributed by atoms with E-state index in [1.807, 2.05) is 0 Å². The fourth-order valence-corrected chi connectivity index (χ4v) is 1.93. The van der Waals surface area contributed by atoms with Crippen molar-refractivity contribution in [2.75, 3.05) is 33.2 Å². The summed E-state index contributed by atoms with van der Waals surface area (Å²) in [5.41, 5.74) is -1.87. The highest BCUT2D eigenvalue weighted by atomic mass is 16.6. The molecular weight excluding hydrogens is 378 g/mol. The van der Waals surface area contributed by atoms with Crippen LogP contribution in [0.4, 0.5) is 14.4 Å². The van der Waals surface area contributed by atoms with Crippen LogP contribution in [-0.2, 0) is 14.2 Å². The van der Waals surface area contributed by atoms with Gasteiger partial charge >= 0.3 is 18.3 Å². The number of hydrogen-bond donors (Lipinski definition) is 1. The number of ether oxygens (including phenoxy) is 3. The minimum atomic E-state index is -0.662. The van der Waals surface area contributed by atoms with E-state index >= 15 is 0 Å². The Morgan fingerprint density at radius 3 is 1.59 bits per heavy atom. The van der Waals surface area contributed by atoms with E-state index in [2.05, 4.69) is 5.32 Å². The number of amides is 3. The smallest absolute Gasteiger partial charge is 0.410 e. The molecule has 0 fully saturated rings. The molecule has 0 rings (SSSR count). The monoisotopic (exact) mass is 417 g/mol. The molecule has 1 N–H and O–H groups in total. The molecule has 0 saturated carbocycles. The Morgan fingerprint density at radius 1 is 0.690 bits per heavy atom. The SMILES string of the molecule is CN(CCN(CCNC(=O)OC(C)(C)C)C(=O)OC(C)(C)C)C(=O)OC(C)(C)C. The Morgan fingerprint density at radius 2 is 1.14 bits per heavy atom. The summed E-state index contributed by atoms with van der Waals surface area (Å²) >= 11 is 0. The standard InChI is InChI=1S/C20H39N3O6/c1-18(2,3)27-15(24)21-11-12-23(17(26)29-20(7,8)9)14-13-22(10)16(25)28-19(4,5)6/h11-14H2,1-10H3,(H,21,24). The van der Waals surface area contributed by atoms with Crippen LogP contribution in [0.2, 0.25) is 0 Å². The highest BCUT2D eigenvalue weighted by molar-refractivity contribution is 5.70. The summed E-state index contributed by atoms with van der Waals surface area (Å²) in [4.78, 5) is 39.2. The van der Waals surface area contributed by atoms with Gasteiger partial charge < -0.3 is 29.3 Å².